The van der Waals surface area contributed by atoms with Crippen molar-refractivity contribution >= 4 is 11.4 Å². The molecule has 1 heterocycles. The molecule has 1 aliphatic heterocycles. The first kappa shape index (κ1) is 12.8. The third-order valence-corrected chi connectivity index (χ3v) is 3.27. The fraction of sp³-hybridized carbons (Fsp3) is 0.538. The van der Waals surface area contributed by atoms with Crippen LogP contribution in [0.15, 0.2) is 18.2 Å². The molecule has 2 rings (SSSR count). The van der Waals surface area contributed by atoms with E-state index in [-0.39, 0.29) is 22.7 Å². The highest BCUT2D eigenvalue weighted by atomic mass is 16.6. The zero-order chi connectivity index (χ0) is 13.3. The Morgan fingerprint density at radius 2 is 1.94 bits per heavy atom. The first-order valence-corrected chi connectivity index (χ1v) is 6.12. The van der Waals surface area contributed by atoms with Crippen LogP contribution in [0.25, 0.3) is 0 Å². The molecule has 0 aromatic heterocycles. The number of nitro groups is 1. The van der Waals surface area contributed by atoms with E-state index in [4.69, 9.17) is 4.74 Å². The molecule has 98 valence electrons. The largest absolute Gasteiger partial charge is 0.377 e. The molecule has 0 amide bonds. The maximum absolute atomic E-state index is 11.1. The molecule has 0 aliphatic carbocycles. The number of morpholine rings is 1. The second-order valence-corrected chi connectivity index (χ2v) is 4.89. The van der Waals surface area contributed by atoms with Gasteiger partial charge in [0.1, 0.15) is 5.69 Å². The Labute approximate surface area is 107 Å². The van der Waals surface area contributed by atoms with Gasteiger partial charge in [0.25, 0.3) is 5.69 Å². The Kier molecular flexibility index (Phi) is 3.52. The lowest BCUT2D eigenvalue weighted by molar-refractivity contribution is -0.384. The lowest BCUT2D eigenvalue weighted by atomic mass is 10.1. The lowest BCUT2D eigenvalue weighted by Crippen LogP contribution is -2.50. The van der Waals surface area contributed by atoms with E-state index >= 15 is 0 Å². The summed E-state index contributed by atoms with van der Waals surface area (Å²) in [4.78, 5) is 12.9. The molecule has 0 saturated carbocycles. The van der Waals surface area contributed by atoms with Gasteiger partial charge in [-0.25, -0.2) is 0 Å². The molecule has 2 atom stereocenters. The van der Waals surface area contributed by atoms with E-state index in [0.29, 0.717) is 18.9 Å². The summed E-state index contributed by atoms with van der Waals surface area (Å²) in [6, 6.07) is 5.54. The van der Waals surface area contributed by atoms with Crippen LogP contribution in [0.3, 0.4) is 0 Å². The summed E-state index contributed by atoms with van der Waals surface area (Å²) in [5.41, 5.74) is 1.89. The average Bonchev–Trinajstić information content (AvgIpc) is 2.28. The van der Waals surface area contributed by atoms with Gasteiger partial charge in [0.05, 0.1) is 30.2 Å². The summed E-state index contributed by atoms with van der Waals surface area (Å²) in [6.07, 6.45) is 0. The number of nitro benzene ring substituents is 1. The van der Waals surface area contributed by atoms with E-state index in [1.165, 1.54) is 0 Å². The number of nitrogens with zero attached hydrogens (tertiary/aromatic N) is 2. The van der Waals surface area contributed by atoms with Gasteiger partial charge in [0.15, 0.2) is 0 Å². The minimum atomic E-state index is -0.316. The molecule has 5 heteroatoms. The van der Waals surface area contributed by atoms with E-state index < -0.39 is 0 Å². The van der Waals surface area contributed by atoms with Crippen LogP contribution in [-0.2, 0) is 4.74 Å². The second-order valence-electron chi connectivity index (χ2n) is 4.89. The second kappa shape index (κ2) is 4.94. The predicted molar refractivity (Wildman–Crippen MR) is 70.1 cm³/mol. The fourth-order valence-electron chi connectivity index (χ4n) is 2.47. The number of hydrogen-bond donors (Lipinski definition) is 0. The molecule has 1 fully saturated rings. The van der Waals surface area contributed by atoms with Crippen LogP contribution in [0.2, 0.25) is 0 Å². The monoisotopic (exact) mass is 250 g/mol. The molecule has 1 aliphatic rings. The Bertz CT molecular complexity index is 452. The van der Waals surface area contributed by atoms with Crippen molar-refractivity contribution in [2.24, 2.45) is 0 Å². The van der Waals surface area contributed by atoms with Crippen LogP contribution in [0, 0.1) is 17.0 Å². The normalized spacial score (nSPS) is 24.1. The maximum Gasteiger partial charge on any atom is 0.292 e. The summed E-state index contributed by atoms with van der Waals surface area (Å²) in [6.45, 7) is 7.22. The number of anilines is 1. The van der Waals surface area contributed by atoms with Gasteiger partial charge >= 0.3 is 0 Å². The Morgan fingerprint density at radius 3 is 2.50 bits per heavy atom. The van der Waals surface area contributed by atoms with E-state index in [9.17, 15) is 10.1 Å². The van der Waals surface area contributed by atoms with E-state index in [1.807, 2.05) is 26.8 Å². The molecule has 0 spiro atoms. The minimum Gasteiger partial charge on any atom is -0.377 e. The van der Waals surface area contributed by atoms with Crippen molar-refractivity contribution in [2.45, 2.75) is 32.9 Å². The molecule has 0 radical (unpaired) electrons. The topological polar surface area (TPSA) is 55.6 Å². The van der Waals surface area contributed by atoms with Crippen molar-refractivity contribution in [3.05, 3.63) is 33.9 Å². The van der Waals surface area contributed by atoms with Crippen molar-refractivity contribution in [1.82, 2.24) is 0 Å². The van der Waals surface area contributed by atoms with E-state index in [0.717, 1.165) is 5.56 Å². The summed E-state index contributed by atoms with van der Waals surface area (Å²) in [7, 11) is 0. The number of ether oxygens (including phenoxy) is 1. The molecule has 1 saturated heterocycles. The van der Waals surface area contributed by atoms with Crippen LogP contribution in [0.5, 0.6) is 0 Å². The van der Waals surface area contributed by atoms with Gasteiger partial charge in [-0.3, -0.25) is 10.1 Å². The summed E-state index contributed by atoms with van der Waals surface area (Å²) in [5.74, 6) is 0. The fourth-order valence-corrected chi connectivity index (χ4v) is 2.47. The van der Waals surface area contributed by atoms with Gasteiger partial charge in [-0.15, -0.1) is 0 Å². The van der Waals surface area contributed by atoms with Gasteiger partial charge in [0, 0.05) is 6.07 Å². The van der Waals surface area contributed by atoms with Crippen molar-refractivity contribution in [1.29, 1.82) is 0 Å². The zero-order valence-electron chi connectivity index (χ0n) is 10.9. The van der Waals surface area contributed by atoms with Crippen molar-refractivity contribution in [2.75, 3.05) is 18.1 Å². The van der Waals surface area contributed by atoms with Gasteiger partial charge in [-0.2, -0.15) is 0 Å². The summed E-state index contributed by atoms with van der Waals surface area (Å²) >= 11 is 0. The van der Waals surface area contributed by atoms with Crippen LogP contribution in [-0.4, -0.2) is 30.2 Å². The predicted octanol–water partition coefficient (Wildman–Crippen LogP) is 2.52. The Morgan fingerprint density at radius 1 is 1.33 bits per heavy atom. The SMILES string of the molecule is Cc1ccc([N+](=O)[O-])c(N2C(C)COCC2C)c1. The maximum atomic E-state index is 11.1. The standard InChI is InChI=1S/C13H18N2O3/c1-9-4-5-12(15(16)17)13(6-9)14-10(2)7-18-8-11(14)3/h4-6,10-11H,7-8H2,1-3H3. The van der Waals surface area contributed by atoms with Gasteiger partial charge in [0.2, 0.25) is 0 Å². The van der Waals surface area contributed by atoms with Crippen LogP contribution < -0.4 is 4.90 Å². The Hall–Kier alpha value is -1.62. The highest BCUT2D eigenvalue weighted by Gasteiger charge is 2.30. The molecule has 0 bridgehead atoms. The molecule has 1 aromatic carbocycles. The number of rotatable bonds is 2. The molecule has 1 aromatic rings. The van der Waals surface area contributed by atoms with Gasteiger partial charge in [-0.05, 0) is 32.4 Å². The minimum absolute atomic E-state index is 0.147. The van der Waals surface area contributed by atoms with E-state index in [1.54, 1.807) is 12.1 Å². The van der Waals surface area contributed by atoms with Crippen molar-refractivity contribution < 1.29 is 9.66 Å². The highest BCUT2D eigenvalue weighted by Crippen LogP contribution is 2.33. The van der Waals surface area contributed by atoms with Crippen molar-refractivity contribution in [3.8, 4) is 0 Å². The number of hydrogen-bond acceptors (Lipinski definition) is 4. The third-order valence-electron chi connectivity index (χ3n) is 3.27. The molecule has 0 N–H and O–H groups in total. The smallest absolute Gasteiger partial charge is 0.292 e. The molecule has 2 unspecified atom stereocenters. The molecule has 18 heavy (non-hydrogen) atoms. The van der Waals surface area contributed by atoms with Crippen LogP contribution in [0.1, 0.15) is 19.4 Å². The zero-order valence-corrected chi connectivity index (χ0v) is 10.9. The first-order valence-electron chi connectivity index (χ1n) is 6.12. The van der Waals surface area contributed by atoms with Crippen LogP contribution >= 0.6 is 0 Å². The van der Waals surface area contributed by atoms with Gasteiger partial charge in [-0.1, -0.05) is 6.07 Å². The number of aryl methyl sites for hydroxylation is 1. The van der Waals surface area contributed by atoms with Crippen molar-refractivity contribution in [3.63, 3.8) is 0 Å². The van der Waals surface area contributed by atoms with Crippen LogP contribution in [0.4, 0.5) is 11.4 Å². The first-order chi connectivity index (χ1) is 8.50. The Balaban J connectivity index is 2.47. The third kappa shape index (κ3) is 2.31. The lowest BCUT2D eigenvalue weighted by Gasteiger charge is -2.40. The molecular weight excluding hydrogens is 232 g/mol. The quantitative estimate of drug-likeness (QED) is 0.598. The molecule has 5 nitrogen and oxygen atoms in total. The summed E-state index contributed by atoms with van der Waals surface area (Å²) < 4.78 is 5.46. The number of benzene rings is 1. The average molecular weight is 250 g/mol. The van der Waals surface area contributed by atoms with Gasteiger partial charge < -0.3 is 9.64 Å². The molecular formula is C13H18N2O3. The summed E-state index contributed by atoms with van der Waals surface area (Å²) in [5, 5.41) is 11.1. The van der Waals surface area contributed by atoms with E-state index in [2.05, 4.69) is 4.90 Å². The highest BCUT2D eigenvalue weighted by molar-refractivity contribution is 5.65.